The molecule has 0 unspecified atom stereocenters. The van der Waals surface area contributed by atoms with Crippen LogP contribution >= 0.6 is 11.3 Å². The number of methoxy groups -OCH3 is 1. The molecule has 2 heterocycles. The maximum atomic E-state index is 13.0. The minimum absolute atomic E-state index is 0.0927. The van der Waals surface area contributed by atoms with Crippen molar-refractivity contribution in [2.24, 2.45) is 0 Å². The normalized spacial score (nSPS) is 11.7. The molecular weight excluding hydrogens is 310 g/mol. The third-order valence-corrected chi connectivity index (χ3v) is 5.53. The Hall–Kier alpha value is -1.24. The van der Waals surface area contributed by atoms with Crippen molar-refractivity contribution in [2.75, 3.05) is 33.4 Å². The summed E-state index contributed by atoms with van der Waals surface area (Å²) in [4.78, 5) is 22.1. The van der Waals surface area contributed by atoms with Gasteiger partial charge in [0.05, 0.1) is 12.0 Å². The van der Waals surface area contributed by atoms with Crippen molar-refractivity contribution in [1.82, 2.24) is 14.5 Å². The molecule has 0 aromatic carbocycles. The molecule has 5 nitrogen and oxygen atoms in total. The lowest BCUT2D eigenvalue weighted by Gasteiger charge is -2.20. The third-order valence-electron chi connectivity index (χ3n) is 4.43. The summed E-state index contributed by atoms with van der Waals surface area (Å²) >= 11 is 1.61. The van der Waals surface area contributed by atoms with E-state index < -0.39 is 0 Å². The molecule has 2 aromatic rings. The summed E-state index contributed by atoms with van der Waals surface area (Å²) in [6.45, 7) is 12.5. The molecule has 0 aliphatic rings. The molecular formula is C17H27N3O2S. The molecule has 23 heavy (non-hydrogen) atoms. The lowest BCUT2D eigenvalue weighted by molar-refractivity contribution is 0.198. The number of rotatable bonds is 8. The zero-order valence-corrected chi connectivity index (χ0v) is 15.6. The Kier molecular flexibility index (Phi) is 6.33. The number of likely N-dealkylation sites (N-methyl/N-ethyl adjacent to an activating group) is 1. The van der Waals surface area contributed by atoms with Crippen LogP contribution in [0, 0.1) is 13.8 Å². The van der Waals surface area contributed by atoms with Crippen LogP contribution in [0.1, 0.15) is 30.1 Å². The molecule has 0 aliphatic carbocycles. The molecule has 0 spiro atoms. The van der Waals surface area contributed by atoms with Gasteiger partial charge in [-0.1, -0.05) is 13.8 Å². The van der Waals surface area contributed by atoms with E-state index >= 15 is 0 Å². The van der Waals surface area contributed by atoms with E-state index in [1.165, 1.54) is 4.88 Å². The van der Waals surface area contributed by atoms with Gasteiger partial charge in [0.1, 0.15) is 10.7 Å². The second-order valence-electron chi connectivity index (χ2n) is 5.72. The van der Waals surface area contributed by atoms with Crippen LogP contribution in [0.2, 0.25) is 0 Å². The predicted octanol–water partition coefficient (Wildman–Crippen LogP) is 2.61. The van der Waals surface area contributed by atoms with Crippen LogP contribution in [0.5, 0.6) is 0 Å². The molecule has 0 saturated heterocycles. The first-order valence-electron chi connectivity index (χ1n) is 8.24. The number of aromatic nitrogens is 2. The van der Waals surface area contributed by atoms with Gasteiger partial charge in [-0.3, -0.25) is 9.36 Å². The highest BCUT2D eigenvalue weighted by Crippen LogP contribution is 2.26. The van der Waals surface area contributed by atoms with Gasteiger partial charge in [0.15, 0.2) is 0 Å². The second kappa shape index (κ2) is 8.04. The largest absolute Gasteiger partial charge is 0.384 e. The number of hydrogen-bond donors (Lipinski definition) is 0. The average Bonchev–Trinajstić information content (AvgIpc) is 2.83. The molecule has 2 rings (SSSR count). The number of aryl methyl sites for hydroxylation is 2. The summed E-state index contributed by atoms with van der Waals surface area (Å²) in [7, 11) is 1.68. The Morgan fingerprint density at radius 1 is 1.26 bits per heavy atom. The fourth-order valence-corrected chi connectivity index (χ4v) is 3.80. The van der Waals surface area contributed by atoms with Gasteiger partial charge in [-0.2, -0.15) is 0 Å². The molecule has 0 saturated carbocycles. The average molecular weight is 337 g/mol. The lowest BCUT2D eigenvalue weighted by atomic mass is 10.2. The number of ether oxygens (including phenoxy) is 1. The lowest BCUT2D eigenvalue weighted by Crippen LogP contribution is -2.33. The van der Waals surface area contributed by atoms with Crippen molar-refractivity contribution >= 4 is 21.6 Å². The number of thiophene rings is 1. The highest BCUT2D eigenvalue weighted by atomic mass is 32.1. The van der Waals surface area contributed by atoms with Crippen molar-refractivity contribution < 1.29 is 4.74 Å². The molecule has 0 amide bonds. The van der Waals surface area contributed by atoms with Crippen molar-refractivity contribution in [3.63, 3.8) is 0 Å². The van der Waals surface area contributed by atoms with E-state index in [1.807, 2.05) is 11.5 Å². The number of nitrogens with zero attached hydrogens (tertiary/aromatic N) is 3. The van der Waals surface area contributed by atoms with Gasteiger partial charge >= 0.3 is 0 Å². The van der Waals surface area contributed by atoms with Crippen LogP contribution in [0.3, 0.4) is 0 Å². The van der Waals surface area contributed by atoms with Crippen molar-refractivity contribution in [1.29, 1.82) is 0 Å². The Morgan fingerprint density at radius 3 is 2.57 bits per heavy atom. The SMILES string of the molecule is CCN(CC)CCn1c(CCOC)nc2sc(C)c(C)c2c1=O. The predicted molar refractivity (Wildman–Crippen MR) is 96.7 cm³/mol. The van der Waals surface area contributed by atoms with E-state index in [0.29, 0.717) is 19.6 Å². The van der Waals surface area contributed by atoms with E-state index in [0.717, 1.165) is 41.2 Å². The molecule has 0 N–H and O–H groups in total. The second-order valence-corrected chi connectivity index (χ2v) is 6.92. The zero-order valence-electron chi connectivity index (χ0n) is 14.8. The van der Waals surface area contributed by atoms with Crippen LogP contribution in [-0.4, -0.2) is 47.8 Å². The minimum atomic E-state index is 0.0927. The maximum absolute atomic E-state index is 13.0. The summed E-state index contributed by atoms with van der Waals surface area (Å²) in [5.74, 6) is 0.831. The summed E-state index contributed by atoms with van der Waals surface area (Å²) in [5, 5.41) is 0.785. The van der Waals surface area contributed by atoms with Gasteiger partial charge in [0, 0.05) is 31.5 Å². The fraction of sp³-hybridized carbons (Fsp3) is 0.647. The molecule has 0 radical (unpaired) electrons. The third kappa shape index (κ3) is 3.82. The summed E-state index contributed by atoms with van der Waals surface area (Å²) in [6.07, 6.45) is 0.663. The molecule has 0 aliphatic heterocycles. The van der Waals surface area contributed by atoms with E-state index in [9.17, 15) is 4.79 Å². The van der Waals surface area contributed by atoms with E-state index in [4.69, 9.17) is 9.72 Å². The zero-order chi connectivity index (χ0) is 17.0. The molecule has 0 fully saturated rings. The Morgan fingerprint density at radius 2 is 1.96 bits per heavy atom. The molecule has 0 bridgehead atoms. The first-order valence-corrected chi connectivity index (χ1v) is 9.05. The van der Waals surface area contributed by atoms with Crippen molar-refractivity contribution in [3.8, 4) is 0 Å². The molecule has 128 valence electrons. The van der Waals surface area contributed by atoms with Crippen LogP contribution in [0.4, 0.5) is 0 Å². The van der Waals surface area contributed by atoms with E-state index in [1.54, 1.807) is 18.4 Å². The highest BCUT2D eigenvalue weighted by Gasteiger charge is 2.16. The van der Waals surface area contributed by atoms with Gasteiger partial charge in [-0.15, -0.1) is 11.3 Å². The number of fused-ring (bicyclic) bond motifs is 1. The Bertz CT molecular complexity index is 717. The summed E-state index contributed by atoms with van der Waals surface area (Å²) in [6, 6.07) is 0. The van der Waals surface area contributed by atoms with E-state index in [-0.39, 0.29) is 5.56 Å². The maximum Gasteiger partial charge on any atom is 0.262 e. The first kappa shape index (κ1) is 18.1. The van der Waals surface area contributed by atoms with Gasteiger partial charge < -0.3 is 9.64 Å². The van der Waals surface area contributed by atoms with Gasteiger partial charge in [0.2, 0.25) is 0 Å². The summed E-state index contributed by atoms with van der Waals surface area (Å²) < 4.78 is 7.03. The smallest absolute Gasteiger partial charge is 0.262 e. The van der Waals surface area contributed by atoms with Crippen molar-refractivity contribution in [3.05, 3.63) is 26.6 Å². The van der Waals surface area contributed by atoms with Gasteiger partial charge in [-0.25, -0.2) is 4.98 Å². The van der Waals surface area contributed by atoms with Crippen LogP contribution in [0.15, 0.2) is 4.79 Å². The monoisotopic (exact) mass is 337 g/mol. The quantitative estimate of drug-likeness (QED) is 0.743. The van der Waals surface area contributed by atoms with Gasteiger partial charge in [-0.05, 0) is 32.5 Å². The highest BCUT2D eigenvalue weighted by molar-refractivity contribution is 7.18. The van der Waals surface area contributed by atoms with Crippen molar-refractivity contribution in [2.45, 2.75) is 40.7 Å². The van der Waals surface area contributed by atoms with Crippen LogP contribution in [0.25, 0.3) is 10.2 Å². The van der Waals surface area contributed by atoms with Crippen LogP contribution in [-0.2, 0) is 17.7 Å². The van der Waals surface area contributed by atoms with Gasteiger partial charge in [0.25, 0.3) is 5.56 Å². The minimum Gasteiger partial charge on any atom is -0.384 e. The standard InChI is InChI=1S/C17H27N3O2S/c1-6-19(7-2)9-10-20-14(8-11-22-5)18-16-15(17(20)21)12(3)13(4)23-16/h6-11H2,1-5H3. The molecule has 6 heteroatoms. The number of hydrogen-bond acceptors (Lipinski definition) is 5. The fourth-order valence-electron chi connectivity index (χ4n) is 2.77. The van der Waals surface area contributed by atoms with Crippen LogP contribution < -0.4 is 5.56 Å². The first-order chi connectivity index (χ1) is 11.0. The topological polar surface area (TPSA) is 47.4 Å². The van der Waals surface area contributed by atoms with E-state index in [2.05, 4.69) is 25.7 Å². The molecule has 0 atom stereocenters. The summed E-state index contributed by atoms with van der Waals surface area (Å²) in [5.41, 5.74) is 1.16. The Labute approximate surface area is 141 Å². The Balaban J connectivity index is 2.47. The molecule has 2 aromatic heterocycles.